The zero-order valence-electron chi connectivity index (χ0n) is 12.0. The summed E-state index contributed by atoms with van der Waals surface area (Å²) in [7, 11) is 1.58. The third-order valence-corrected chi connectivity index (χ3v) is 2.86. The molecular weight excluding hydrogens is 258 g/mol. The maximum Gasteiger partial charge on any atom is 0.240 e. The molecule has 110 valence electrons. The van der Waals surface area contributed by atoms with E-state index in [1.54, 1.807) is 7.11 Å². The fourth-order valence-corrected chi connectivity index (χ4v) is 1.87. The average Bonchev–Trinajstić information content (AvgIpc) is 2.44. The standard InChI is InChI=1S/C14H21N3O3/c1-14(2,10-6-4-5-7-11(10)20-3)17-13(19)9-16-12(18)8-15/h4-7H,8-9,15H2,1-3H3,(H,16,18)(H,17,19). The van der Waals surface area contributed by atoms with Crippen LogP contribution < -0.4 is 21.1 Å². The van der Waals surface area contributed by atoms with E-state index in [-0.39, 0.29) is 24.9 Å². The summed E-state index contributed by atoms with van der Waals surface area (Å²) in [5.41, 5.74) is 5.40. The molecule has 0 saturated carbocycles. The number of carbonyl (C=O) groups excluding carboxylic acids is 2. The monoisotopic (exact) mass is 279 g/mol. The molecule has 0 bridgehead atoms. The van der Waals surface area contributed by atoms with Crippen molar-refractivity contribution in [2.75, 3.05) is 20.2 Å². The zero-order chi connectivity index (χ0) is 15.2. The summed E-state index contributed by atoms with van der Waals surface area (Å²) in [4.78, 5) is 22.9. The lowest BCUT2D eigenvalue weighted by Gasteiger charge is -2.28. The van der Waals surface area contributed by atoms with Crippen LogP contribution in [0, 0.1) is 0 Å². The summed E-state index contributed by atoms with van der Waals surface area (Å²) in [6.07, 6.45) is 0. The van der Waals surface area contributed by atoms with Crippen molar-refractivity contribution in [2.24, 2.45) is 5.73 Å². The topological polar surface area (TPSA) is 93.5 Å². The Morgan fingerprint density at radius 2 is 1.90 bits per heavy atom. The number of nitrogens with two attached hydrogens (primary N) is 1. The number of carbonyl (C=O) groups is 2. The van der Waals surface area contributed by atoms with E-state index in [0.29, 0.717) is 5.75 Å². The quantitative estimate of drug-likeness (QED) is 0.689. The van der Waals surface area contributed by atoms with Crippen LogP contribution in [0.5, 0.6) is 5.75 Å². The molecule has 4 N–H and O–H groups in total. The van der Waals surface area contributed by atoms with Crippen LogP contribution in [0.15, 0.2) is 24.3 Å². The van der Waals surface area contributed by atoms with Gasteiger partial charge in [-0.3, -0.25) is 9.59 Å². The molecule has 0 unspecified atom stereocenters. The number of amides is 2. The van der Waals surface area contributed by atoms with Gasteiger partial charge in [0.1, 0.15) is 5.75 Å². The lowest BCUT2D eigenvalue weighted by Crippen LogP contribution is -2.46. The molecule has 0 heterocycles. The van der Waals surface area contributed by atoms with Gasteiger partial charge in [0, 0.05) is 5.56 Å². The first-order valence-electron chi connectivity index (χ1n) is 6.32. The van der Waals surface area contributed by atoms with Crippen LogP contribution in [-0.2, 0) is 15.1 Å². The van der Waals surface area contributed by atoms with Gasteiger partial charge in [-0.1, -0.05) is 18.2 Å². The lowest BCUT2D eigenvalue weighted by atomic mass is 9.93. The highest BCUT2D eigenvalue weighted by Crippen LogP contribution is 2.29. The Balaban J connectivity index is 2.73. The number of para-hydroxylation sites is 1. The van der Waals surface area contributed by atoms with Gasteiger partial charge in [-0.15, -0.1) is 0 Å². The molecule has 2 amide bonds. The Morgan fingerprint density at radius 3 is 2.50 bits per heavy atom. The first-order valence-corrected chi connectivity index (χ1v) is 6.32. The van der Waals surface area contributed by atoms with Crippen molar-refractivity contribution in [1.29, 1.82) is 0 Å². The Kier molecular flexibility index (Phi) is 5.52. The van der Waals surface area contributed by atoms with E-state index in [0.717, 1.165) is 5.56 Å². The lowest BCUT2D eigenvalue weighted by molar-refractivity contribution is -0.126. The van der Waals surface area contributed by atoms with E-state index >= 15 is 0 Å². The number of rotatable bonds is 6. The summed E-state index contributed by atoms with van der Waals surface area (Å²) < 4.78 is 5.29. The Bertz CT molecular complexity index is 486. The van der Waals surface area contributed by atoms with Gasteiger partial charge < -0.3 is 21.1 Å². The van der Waals surface area contributed by atoms with E-state index in [1.165, 1.54) is 0 Å². The average molecular weight is 279 g/mol. The van der Waals surface area contributed by atoms with Crippen molar-refractivity contribution in [2.45, 2.75) is 19.4 Å². The predicted molar refractivity (Wildman–Crippen MR) is 76.2 cm³/mol. The van der Waals surface area contributed by atoms with Gasteiger partial charge in [0.15, 0.2) is 0 Å². The number of ether oxygens (including phenoxy) is 1. The molecule has 6 nitrogen and oxygen atoms in total. The van der Waals surface area contributed by atoms with Crippen molar-refractivity contribution >= 4 is 11.8 Å². The Hall–Kier alpha value is -2.08. The van der Waals surface area contributed by atoms with Crippen LogP contribution in [0.2, 0.25) is 0 Å². The van der Waals surface area contributed by atoms with E-state index in [1.807, 2.05) is 38.1 Å². The molecule has 0 atom stereocenters. The first-order chi connectivity index (χ1) is 9.40. The van der Waals surface area contributed by atoms with Crippen LogP contribution in [0.3, 0.4) is 0 Å². The minimum absolute atomic E-state index is 0.103. The van der Waals surface area contributed by atoms with Gasteiger partial charge in [0.25, 0.3) is 0 Å². The van der Waals surface area contributed by atoms with Gasteiger partial charge in [0.05, 0.1) is 25.7 Å². The van der Waals surface area contributed by atoms with Crippen molar-refractivity contribution in [3.63, 3.8) is 0 Å². The first kappa shape index (κ1) is 16.0. The second kappa shape index (κ2) is 6.91. The van der Waals surface area contributed by atoms with Crippen molar-refractivity contribution in [3.8, 4) is 5.75 Å². The molecular formula is C14H21N3O3. The van der Waals surface area contributed by atoms with Crippen LogP contribution >= 0.6 is 0 Å². The molecule has 0 aliphatic carbocycles. The van der Waals surface area contributed by atoms with E-state index in [9.17, 15) is 9.59 Å². The van der Waals surface area contributed by atoms with Crippen LogP contribution in [-0.4, -0.2) is 32.0 Å². The molecule has 1 aromatic rings. The molecule has 20 heavy (non-hydrogen) atoms. The van der Waals surface area contributed by atoms with Crippen molar-refractivity contribution in [3.05, 3.63) is 29.8 Å². The summed E-state index contributed by atoms with van der Waals surface area (Å²) in [5, 5.41) is 5.28. The van der Waals surface area contributed by atoms with E-state index in [2.05, 4.69) is 10.6 Å². The largest absolute Gasteiger partial charge is 0.496 e. The maximum atomic E-state index is 11.8. The van der Waals surface area contributed by atoms with Gasteiger partial charge >= 0.3 is 0 Å². The van der Waals surface area contributed by atoms with Crippen molar-refractivity contribution < 1.29 is 14.3 Å². The third kappa shape index (κ3) is 4.24. The normalized spacial score (nSPS) is 10.8. The molecule has 0 aliphatic rings. The van der Waals surface area contributed by atoms with Gasteiger partial charge in [-0.25, -0.2) is 0 Å². The zero-order valence-corrected chi connectivity index (χ0v) is 12.0. The highest BCUT2D eigenvalue weighted by atomic mass is 16.5. The SMILES string of the molecule is COc1ccccc1C(C)(C)NC(=O)CNC(=O)CN. The van der Waals surface area contributed by atoms with Crippen LogP contribution in [0.4, 0.5) is 0 Å². The molecule has 0 aliphatic heterocycles. The number of methoxy groups -OCH3 is 1. The molecule has 0 fully saturated rings. The number of hydrogen-bond donors (Lipinski definition) is 3. The molecule has 0 spiro atoms. The second-order valence-electron chi connectivity index (χ2n) is 4.85. The number of hydrogen-bond acceptors (Lipinski definition) is 4. The number of benzene rings is 1. The van der Waals surface area contributed by atoms with Gasteiger partial charge in [0.2, 0.25) is 11.8 Å². The van der Waals surface area contributed by atoms with E-state index < -0.39 is 5.54 Å². The second-order valence-corrected chi connectivity index (χ2v) is 4.85. The molecule has 0 aromatic heterocycles. The van der Waals surface area contributed by atoms with Crippen LogP contribution in [0.25, 0.3) is 0 Å². The van der Waals surface area contributed by atoms with Gasteiger partial charge in [-0.05, 0) is 19.9 Å². The fraction of sp³-hybridized carbons (Fsp3) is 0.429. The molecule has 6 heteroatoms. The Morgan fingerprint density at radius 1 is 1.25 bits per heavy atom. The van der Waals surface area contributed by atoms with Gasteiger partial charge in [-0.2, -0.15) is 0 Å². The molecule has 0 radical (unpaired) electrons. The highest BCUT2D eigenvalue weighted by molar-refractivity contribution is 5.85. The predicted octanol–water partition coefficient (Wildman–Crippen LogP) is 0.121. The summed E-state index contributed by atoms with van der Waals surface area (Å²) >= 11 is 0. The molecule has 1 rings (SSSR count). The van der Waals surface area contributed by atoms with Crippen LogP contribution in [0.1, 0.15) is 19.4 Å². The Labute approximate surface area is 118 Å². The third-order valence-electron chi connectivity index (χ3n) is 2.86. The molecule has 1 aromatic carbocycles. The smallest absolute Gasteiger partial charge is 0.240 e. The minimum Gasteiger partial charge on any atom is -0.496 e. The summed E-state index contributed by atoms with van der Waals surface area (Å²) in [6.45, 7) is 3.50. The highest BCUT2D eigenvalue weighted by Gasteiger charge is 2.25. The van der Waals surface area contributed by atoms with E-state index in [4.69, 9.17) is 10.5 Å². The maximum absolute atomic E-state index is 11.8. The summed E-state index contributed by atoms with van der Waals surface area (Å²) in [5.74, 6) is 0.0433. The number of nitrogens with one attached hydrogen (secondary N) is 2. The van der Waals surface area contributed by atoms with Crippen molar-refractivity contribution in [1.82, 2.24) is 10.6 Å². The summed E-state index contributed by atoms with van der Waals surface area (Å²) in [6, 6.07) is 7.46. The minimum atomic E-state index is -0.614. The fourth-order valence-electron chi connectivity index (χ4n) is 1.87. The molecule has 0 saturated heterocycles.